The van der Waals surface area contributed by atoms with Gasteiger partial charge in [0.15, 0.2) is 0 Å². The number of rotatable bonds is 5. The molecule has 0 N–H and O–H groups in total. The van der Waals surface area contributed by atoms with Gasteiger partial charge in [-0.3, -0.25) is 0 Å². The minimum Gasteiger partial charge on any atom is -0.235 e. The first-order chi connectivity index (χ1) is 28.9. The number of fused-ring (bicyclic) bond motifs is 6. The second-order valence-electron chi connectivity index (χ2n) is 11.8. The SMILES string of the molecule is [2H]c1cc([2H])c(-c2c([2H])c([2H])c([2H])c3c2sc2c([2H])c([2H])c([2H])c([2H])c23)c([2H])c1-c1ncnc2c1sc1ccc(-c3cccc(-c4ccc(-c5ccccc5)cc4)c3)cc12. The smallest absolute Gasteiger partial charge is 0.116 e. The highest BCUT2D eigenvalue weighted by atomic mass is 32.1. The van der Waals surface area contributed by atoms with E-state index in [4.69, 9.17) is 12.3 Å². The van der Waals surface area contributed by atoms with E-state index in [2.05, 4.69) is 76.7 Å². The summed E-state index contributed by atoms with van der Waals surface area (Å²) in [5.74, 6) is 0. The van der Waals surface area contributed by atoms with Gasteiger partial charge in [0.05, 0.1) is 29.6 Å². The van der Waals surface area contributed by atoms with E-state index in [1.54, 1.807) is 0 Å². The summed E-state index contributed by atoms with van der Waals surface area (Å²) in [6.45, 7) is 0. The Hall–Kier alpha value is -5.94. The number of hydrogen-bond acceptors (Lipinski definition) is 4. The standard InChI is InChI=1S/C46H28N2S2/c1-2-9-29(10-3-1)30-19-21-31(22-20-30)32-11-6-12-33(25-32)34-23-24-42-40(27-34)44-46(50-42)43(47-28-48-44)36-14-7-13-35(26-36)37-16-8-17-39-38-15-4-5-18-41(38)49-45(37)39/h1-28H/i4D,5D,8D,13D,14D,15D,16D,17D,18D,26D. The first-order valence-electron chi connectivity index (χ1n) is 20.9. The summed E-state index contributed by atoms with van der Waals surface area (Å²) in [5.41, 5.74) is 7.45. The Kier molecular flexibility index (Phi) is 4.88. The fourth-order valence-electron chi connectivity index (χ4n) is 6.44. The summed E-state index contributed by atoms with van der Waals surface area (Å²) < 4.78 is 89.9. The van der Waals surface area contributed by atoms with E-state index in [-0.39, 0.29) is 73.1 Å². The molecule has 0 aliphatic heterocycles. The van der Waals surface area contributed by atoms with E-state index >= 15 is 0 Å². The Morgan fingerprint density at radius 3 is 2.00 bits per heavy atom. The van der Waals surface area contributed by atoms with Gasteiger partial charge in [-0.1, -0.05) is 133 Å². The van der Waals surface area contributed by atoms with Crippen molar-refractivity contribution in [2.24, 2.45) is 0 Å². The molecule has 0 fully saturated rings. The topological polar surface area (TPSA) is 25.8 Å². The maximum Gasteiger partial charge on any atom is 0.116 e. The normalized spacial score (nSPS) is 14.4. The average molecular weight is 683 g/mol. The van der Waals surface area contributed by atoms with Crippen molar-refractivity contribution in [2.45, 2.75) is 0 Å². The molecule has 3 heterocycles. The van der Waals surface area contributed by atoms with E-state index in [1.165, 1.54) is 23.7 Å². The van der Waals surface area contributed by atoms with Crippen LogP contribution in [0.4, 0.5) is 0 Å². The number of hydrogen-bond donors (Lipinski definition) is 0. The maximum atomic E-state index is 9.57. The second kappa shape index (κ2) is 11.9. The molecule has 7 aromatic carbocycles. The van der Waals surface area contributed by atoms with E-state index in [1.807, 2.05) is 30.3 Å². The maximum absolute atomic E-state index is 9.57. The van der Waals surface area contributed by atoms with Gasteiger partial charge in [0.2, 0.25) is 0 Å². The van der Waals surface area contributed by atoms with Crippen LogP contribution in [0.5, 0.6) is 0 Å². The van der Waals surface area contributed by atoms with Crippen molar-refractivity contribution in [3.05, 3.63) is 170 Å². The number of nitrogens with zero attached hydrogens (tertiary/aromatic N) is 2. The van der Waals surface area contributed by atoms with E-state index in [0.717, 1.165) is 54.8 Å². The molecule has 234 valence electrons. The van der Waals surface area contributed by atoms with Gasteiger partial charge in [0, 0.05) is 35.8 Å². The lowest BCUT2D eigenvalue weighted by Crippen LogP contribution is -1.87. The van der Waals surface area contributed by atoms with Crippen molar-refractivity contribution in [3.63, 3.8) is 0 Å². The molecular weight excluding hydrogens is 645 g/mol. The summed E-state index contributed by atoms with van der Waals surface area (Å²) in [6.07, 6.45) is 1.39. The Balaban J connectivity index is 1.11. The molecule has 0 atom stereocenters. The minimum absolute atomic E-state index is 0.0130. The largest absolute Gasteiger partial charge is 0.235 e. The van der Waals surface area contributed by atoms with Crippen molar-refractivity contribution < 1.29 is 13.7 Å². The number of benzene rings is 7. The number of thiophene rings is 2. The van der Waals surface area contributed by atoms with E-state index < -0.39 is 24.2 Å². The quantitative estimate of drug-likeness (QED) is 0.181. The third kappa shape index (κ3) is 4.92. The third-order valence-electron chi connectivity index (χ3n) is 8.88. The van der Waals surface area contributed by atoms with Crippen molar-refractivity contribution in [2.75, 3.05) is 0 Å². The lowest BCUT2D eigenvalue weighted by atomic mass is 9.96. The molecule has 0 saturated heterocycles. The van der Waals surface area contributed by atoms with Gasteiger partial charge in [0.1, 0.15) is 6.33 Å². The third-order valence-corrected chi connectivity index (χ3v) is 11.2. The van der Waals surface area contributed by atoms with Crippen LogP contribution in [0, 0.1) is 0 Å². The lowest BCUT2D eigenvalue weighted by Gasteiger charge is -2.08. The first-order valence-corrected chi connectivity index (χ1v) is 17.5. The fraction of sp³-hybridized carbons (Fsp3) is 0. The fourth-order valence-corrected chi connectivity index (χ4v) is 8.65. The first kappa shape index (κ1) is 20.5. The number of aromatic nitrogens is 2. The summed E-state index contributed by atoms with van der Waals surface area (Å²) in [5, 5.41) is 0.987. The van der Waals surface area contributed by atoms with E-state index in [9.17, 15) is 1.37 Å². The van der Waals surface area contributed by atoms with Crippen molar-refractivity contribution in [1.29, 1.82) is 0 Å². The molecule has 0 radical (unpaired) electrons. The van der Waals surface area contributed by atoms with Gasteiger partial charge in [-0.05, 0) is 74.8 Å². The monoisotopic (exact) mass is 682 g/mol. The molecule has 0 saturated carbocycles. The zero-order chi connectivity index (χ0) is 41.7. The van der Waals surface area contributed by atoms with Gasteiger partial charge in [-0.2, -0.15) is 0 Å². The Labute approximate surface area is 311 Å². The molecule has 50 heavy (non-hydrogen) atoms. The second-order valence-corrected chi connectivity index (χ2v) is 13.9. The Morgan fingerprint density at radius 1 is 0.440 bits per heavy atom. The summed E-state index contributed by atoms with van der Waals surface area (Å²) in [6, 6.07) is 31.0. The van der Waals surface area contributed by atoms with Crippen LogP contribution in [-0.2, 0) is 0 Å². The molecule has 0 unspecified atom stereocenters. The summed E-state index contributed by atoms with van der Waals surface area (Å²) in [7, 11) is 0. The van der Waals surface area contributed by atoms with Gasteiger partial charge < -0.3 is 0 Å². The average Bonchev–Trinajstić information content (AvgIpc) is 3.85. The van der Waals surface area contributed by atoms with Crippen LogP contribution in [0.25, 0.3) is 96.2 Å². The van der Waals surface area contributed by atoms with Gasteiger partial charge in [-0.15, -0.1) is 22.7 Å². The molecule has 0 aliphatic carbocycles. The molecule has 3 aromatic heterocycles. The van der Waals surface area contributed by atoms with Gasteiger partial charge >= 0.3 is 0 Å². The highest BCUT2D eigenvalue weighted by Gasteiger charge is 2.16. The van der Waals surface area contributed by atoms with Crippen LogP contribution in [0.15, 0.2) is 170 Å². The molecular formula is C46H28N2S2. The van der Waals surface area contributed by atoms with Gasteiger partial charge in [0.25, 0.3) is 0 Å². The van der Waals surface area contributed by atoms with Crippen LogP contribution in [0.3, 0.4) is 0 Å². The summed E-state index contributed by atoms with van der Waals surface area (Å²) >= 11 is 2.36. The van der Waals surface area contributed by atoms with Crippen LogP contribution >= 0.6 is 22.7 Å². The van der Waals surface area contributed by atoms with Crippen molar-refractivity contribution in [1.82, 2.24) is 9.97 Å². The van der Waals surface area contributed by atoms with Crippen LogP contribution in [0.2, 0.25) is 0 Å². The van der Waals surface area contributed by atoms with Crippen molar-refractivity contribution >= 4 is 63.1 Å². The lowest BCUT2D eigenvalue weighted by molar-refractivity contribution is 1.24. The molecule has 0 amide bonds. The minimum atomic E-state index is -0.504. The molecule has 4 heteroatoms. The summed E-state index contributed by atoms with van der Waals surface area (Å²) in [4.78, 5) is 9.28. The molecule has 10 rings (SSSR count). The van der Waals surface area contributed by atoms with Crippen LogP contribution in [-0.4, -0.2) is 9.97 Å². The van der Waals surface area contributed by atoms with Crippen molar-refractivity contribution in [3.8, 4) is 55.8 Å². The van der Waals surface area contributed by atoms with Crippen LogP contribution in [0.1, 0.15) is 13.7 Å². The molecule has 0 aliphatic rings. The van der Waals surface area contributed by atoms with Gasteiger partial charge in [-0.25, -0.2) is 9.97 Å². The Bertz CT molecular complexity index is 3440. The zero-order valence-electron chi connectivity index (χ0n) is 36.1. The highest BCUT2D eigenvalue weighted by Crippen LogP contribution is 2.43. The zero-order valence-corrected chi connectivity index (χ0v) is 27.7. The molecule has 0 bridgehead atoms. The predicted molar refractivity (Wildman–Crippen MR) is 215 cm³/mol. The highest BCUT2D eigenvalue weighted by molar-refractivity contribution is 7.26. The van der Waals surface area contributed by atoms with Crippen LogP contribution < -0.4 is 0 Å². The van der Waals surface area contributed by atoms with E-state index in [0.29, 0.717) is 15.9 Å². The molecule has 10 aromatic rings. The Morgan fingerprint density at radius 2 is 1.12 bits per heavy atom. The molecule has 2 nitrogen and oxygen atoms in total. The molecule has 0 spiro atoms. The predicted octanol–water partition coefficient (Wildman–Crippen LogP) is 13.5.